The van der Waals surface area contributed by atoms with E-state index in [-0.39, 0.29) is 10.8 Å². The lowest BCUT2D eigenvalue weighted by Gasteiger charge is -2.08. The molecule has 7 heteroatoms. The number of rotatable bonds is 4. The van der Waals surface area contributed by atoms with Gasteiger partial charge >= 0.3 is 0 Å². The Morgan fingerprint density at radius 2 is 2.32 bits per heavy atom. The van der Waals surface area contributed by atoms with Gasteiger partial charge in [-0.1, -0.05) is 0 Å². The van der Waals surface area contributed by atoms with Crippen LogP contribution in [0, 0.1) is 17.2 Å². The van der Waals surface area contributed by atoms with Gasteiger partial charge in [-0.3, -0.25) is 4.79 Å². The van der Waals surface area contributed by atoms with Crippen LogP contribution < -0.4 is 10.5 Å². The molecule has 3 N–H and O–H groups in total. The molecule has 0 spiro atoms. The first kappa shape index (κ1) is 14.9. The number of carbonyl (C=O) groups excluding carboxylic acids is 1. The molecule has 19 heavy (non-hydrogen) atoms. The van der Waals surface area contributed by atoms with E-state index in [0.29, 0.717) is 11.4 Å². The number of thioether (sulfide) groups is 1. The van der Waals surface area contributed by atoms with Crippen molar-refractivity contribution in [2.45, 2.75) is 0 Å². The third kappa shape index (κ3) is 3.63. The monoisotopic (exact) mass is 279 g/mol. The molecule has 100 valence electrons. The van der Waals surface area contributed by atoms with Crippen molar-refractivity contribution in [1.82, 2.24) is 0 Å². The van der Waals surface area contributed by atoms with Gasteiger partial charge in [0.05, 0.1) is 18.9 Å². The number of ether oxygens (including phenoxy) is 1. The minimum atomic E-state index is -1.10. The summed E-state index contributed by atoms with van der Waals surface area (Å²) in [6, 6.07) is 6.32. The molecule has 1 aromatic carbocycles. The smallest absolute Gasteiger partial charge is 0.241 e. The molecule has 6 nitrogen and oxygen atoms in total. The molecule has 0 aliphatic carbocycles. The first-order valence-electron chi connectivity index (χ1n) is 5.22. The summed E-state index contributed by atoms with van der Waals surface area (Å²) in [6.07, 6.45) is 1.69. The van der Waals surface area contributed by atoms with E-state index in [4.69, 9.17) is 15.7 Å². The quantitative estimate of drug-likeness (QED) is 0.640. The molecule has 0 bridgehead atoms. The fourth-order valence-corrected chi connectivity index (χ4v) is 1.94. The van der Waals surface area contributed by atoms with Crippen molar-refractivity contribution in [2.75, 3.05) is 13.4 Å². The number of phenols is 1. The van der Waals surface area contributed by atoms with Crippen molar-refractivity contribution in [2.24, 2.45) is 16.6 Å². The molecule has 0 fully saturated rings. The highest BCUT2D eigenvalue weighted by Gasteiger charge is 2.21. The van der Waals surface area contributed by atoms with E-state index in [2.05, 4.69) is 4.99 Å². The summed E-state index contributed by atoms with van der Waals surface area (Å²) in [4.78, 5) is 15.3. The normalized spacial score (nSPS) is 12.6. The molecule has 1 rings (SSSR count). The number of hydrogen-bond donors (Lipinski definition) is 2. The number of benzene rings is 1. The Morgan fingerprint density at radius 1 is 1.63 bits per heavy atom. The molecule has 1 aromatic rings. The number of nitriles is 1. The van der Waals surface area contributed by atoms with Crippen LogP contribution in [0.1, 0.15) is 0 Å². The molecule has 0 aliphatic rings. The lowest BCUT2D eigenvalue weighted by Crippen LogP contribution is -2.27. The Bertz CT molecular complexity index is 552. The van der Waals surface area contributed by atoms with E-state index in [1.807, 2.05) is 0 Å². The van der Waals surface area contributed by atoms with Crippen molar-refractivity contribution in [3.8, 4) is 17.6 Å². The van der Waals surface area contributed by atoms with Crippen LogP contribution in [-0.2, 0) is 4.79 Å². The number of carbonyl (C=O) groups is 1. The zero-order chi connectivity index (χ0) is 14.4. The molecule has 0 saturated carbocycles. The summed E-state index contributed by atoms with van der Waals surface area (Å²) in [7, 11) is 1.43. The van der Waals surface area contributed by atoms with Crippen molar-refractivity contribution < 1.29 is 14.6 Å². The first-order valence-corrected chi connectivity index (χ1v) is 6.44. The highest BCUT2D eigenvalue weighted by atomic mass is 32.2. The van der Waals surface area contributed by atoms with Crippen LogP contribution in [0.5, 0.6) is 11.5 Å². The molecular formula is C12H13N3O3S. The van der Waals surface area contributed by atoms with Gasteiger partial charge in [-0.2, -0.15) is 5.26 Å². The largest absolute Gasteiger partial charge is 0.504 e. The van der Waals surface area contributed by atoms with Crippen molar-refractivity contribution in [3.63, 3.8) is 0 Å². The molecule has 0 aliphatic heterocycles. The molecule has 1 amide bonds. The summed E-state index contributed by atoms with van der Waals surface area (Å²) in [6.45, 7) is 0. The third-order valence-electron chi connectivity index (χ3n) is 2.27. The van der Waals surface area contributed by atoms with Crippen molar-refractivity contribution >= 4 is 28.4 Å². The topological polar surface area (TPSA) is 109 Å². The number of nitrogens with zero attached hydrogens (tertiary/aromatic N) is 2. The Balaban J connectivity index is 3.15. The Kier molecular flexibility index (Phi) is 5.21. The van der Waals surface area contributed by atoms with E-state index in [1.165, 1.54) is 19.2 Å². The second-order valence-electron chi connectivity index (χ2n) is 3.47. The zero-order valence-electron chi connectivity index (χ0n) is 10.5. The van der Waals surface area contributed by atoms with Gasteiger partial charge in [0.15, 0.2) is 17.4 Å². The van der Waals surface area contributed by atoms with Crippen molar-refractivity contribution in [3.05, 3.63) is 18.2 Å². The molecule has 1 atom stereocenters. The lowest BCUT2D eigenvalue weighted by molar-refractivity contribution is -0.118. The predicted octanol–water partition coefficient (Wildman–Crippen LogP) is 1.42. The first-order chi connectivity index (χ1) is 9.03. The number of methoxy groups -OCH3 is 1. The van der Waals surface area contributed by atoms with Crippen molar-refractivity contribution in [1.29, 1.82) is 5.26 Å². The number of hydrogen-bond acceptors (Lipinski definition) is 6. The van der Waals surface area contributed by atoms with Gasteiger partial charge in [-0.05, 0) is 18.4 Å². The Morgan fingerprint density at radius 3 is 2.74 bits per heavy atom. The van der Waals surface area contributed by atoms with Gasteiger partial charge in [0.2, 0.25) is 5.91 Å². The van der Waals surface area contributed by atoms with Gasteiger partial charge in [0.25, 0.3) is 0 Å². The maximum absolute atomic E-state index is 11.1. The molecule has 0 saturated heterocycles. The number of nitrogens with two attached hydrogens (primary N) is 1. The second-order valence-corrected chi connectivity index (χ2v) is 4.30. The Hall–Kier alpha value is -2.20. The average molecular weight is 279 g/mol. The van der Waals surface area contributed by atoms with Crippen LogP contribution in [0.2, 0.25) is 0 Å². The van der Waals surface area contributed by atoms with E-state index < -0.39 is 11.8 Å². The summed E-state index contributed by atoms with van der Waals surface area (Å²) in [5, 5.41) is 18.8. The minimum absolute atomic E-state index is 0.0724. The van der Waals surface area contributed by atoms with Gasteiger partial charge < -0.3 is 15.6 Å². The highest BCUT2D eigenvalue weighted by molar-refractivity contribution is 8.13. The van der Waals surface area contributed by atoms with Crippen LogP contribution in [0.25, 0.3) is 0 Å². The summed E-state index contributed by atoms with van der Waals surface area (Å²) in [5.41, 5.74) is 5.53. The number of phenolic OH excluding ortho intramolecular Hbond substituents is 1. The fourth-order valence-electron chi connectivity index (χ4n) is 1.34. The number of aliphatic imine (C=N–C) groups is 1. The van der Waals surface area contributed by atoms with Crippen LogP contribution in [0.4, 0.5) is 5.69 Å². The van der Waals surface area contributed by atoms with Gasteiger partial charge in [-0.25, -0.2) is 4.99 Å². The molecule has 0 radical (unpaired) electrons. The van der Waals surface area contributed by atoms with E-state index in [9.17, 15) is 9.90 Å². The minimum Gasteiger partial charge on any atom is -0.504 e. The van der Waals surface area contributed by atoms with E-state index in [0.717, 1.165) is 11.8 Å². The SMILES string of the molecule is COc1ccc(N=C(SC)C(C#N)C(N)=O)cc1O. The maximum Gasteiger partial charge on any atom is 0.241 e. The summed E-state index contributed by atoms with van der Waals surface area (Å²) in [5.74, 6) is -1.61. The summed E-state index contributed by atoms with van der Waals surface area (Å²) >= 11 is 1.16. The lowest BCUT2D eigenvalue weighted by atomic mass is 10.2. The van der Waals surface area contributed by atoms with Crippen LogP contribution in [0.15, 0.2) is 23.2 Å². The molecular weight excluding hydrogens is 266 g/mol. The van der Waals surface area contributed by atoms with E-state index in [1.54, 1.807) is 18.4 Å². The maximum atomic E-state index is 11.1. The number of amides is 1. The zero-order valence-corrected chi connectivity index (χ0v) is 11.3. The average Bonchev–Trinajstić information content (AvgIpc) is 2.38. The predicted molar refractivity (Wildman–Crippen MR) is 73.6 cm³/mol. The third-order valence-corrected chi connectivity index (χ3v) is 3.02. The van der Waals surface area contributed by atoms with Crippen LogP contribution in [-0.4, -0.2) is 29.4 Å². The highest BCUT2D eigenvalue weighted by Crippen LogP contribution is 2.30. The summed E-state index contributed by atoms with van der Waals surface area (Å²) < 4.78 is 4.91. The van der Waals surface area contributed by atoms with E-state index >= 15 is 0 Å². The second kappa shape index (κ2) is 6.66. The van der Waals surface area contributed by atoms with Gasteiger partial charge in [-0.15, -0.1) is 11.8 Å². The Labute approximate surface area is 114 Å². The molecule has 0 aromatic heterocycles. The van der Waals surface area contributed by atoms with Crippen LogP contribution >= 0.6 is 11.8 Å². The van der Waals surface area contributed by atoms with Gasteiger partial charge in [0, 0.05) is 6.07 Å². The fraction of sp³-hybridized carbons (Fsp3) is 0.250. The molecule has 1 unspecified atom stereocenters. The van der Waals surface area contributed by atoms with Crippen LogP contribution in [0.3, 0.4) is 0 Å². The van der Waals surface area contributed by atoms with Gasteiger partial charge in [0.1, 0.15) is 5.04 Å². The molecule has 0 heterocycles. The number of aromatic hydroxyl groups is 1. The number of primary amides is 1. The standard InChI is InChI=1S/C12H13N3O3S/c1-18-10-4-3-7(5-9(10)16)15-12(19-2)8(6-13)11(14)17/h3-5,8,16H,1-2H3,(H2,14,17).